The van der Waals surface area contributed by atoms with E-state index in [-0.39, 0.29) is 5.82 Å². The van der Waals surface area contributed by atoms with Crippen molar-refractivity contribution in [1.29, 1.82) is 0 Å². The van der Waals surface area contributed by atoms with Gasteiger partial charge in [-0.2, -0.15) is 5.10 Å². The predicted molar refractivity (Wildman–Crippen MR) is 63.3 cm³/mol. The first-order valence-electron chi connectivity index (χ1n) is 5.18. The number of hydrogen-bond donors (Lipinski definition) is 1. The maximum absolute atomic E-state index is 13.0. The van der Waals surface area contributed by atoms with Crippen molar-refractivity contribution in [1.82, 2.24) is 9.78 Å². The third-order valence-electron chi connectivity index (χ3n) is 2.57. The summed E-state index contributed by atoms with van der Waals surface area (Å²) in [5, 5.41) is 14.4. The van der Waals surface area contributed by atoms with E-state index in [0.29, 0.717) is 17.1 Å². The lowest BCUT2D eigenvalue weighted by Gasteiger charge is -2.11. The molecule has 0 amide bonds. The Kier molecular flexibility index (Phi) is 3.45. The summed E-state index contributed by atoms with van der Waals surface area (Å²) < 4.78 is 14.5. The third kappa shape index (κ3) is 2.65. The molecule has 0 aliphatic heterocycles. The van der Waals surface area contributed by atoms with Gasteiger partial charge < -0.3 is 5.11 Å². The molecule has 0 spiro atoms. The summed E-state index contributed by atoms with van der Waals surface area (Å²) in [5.41, 5.74) is 1.26. The Bertz CT molecular complexity index is 507. The van der Waals surface area contributed by atoms with Crippen LogP contribution in [0.1, 0.15) is 17.4 Å². The molecule has 90 valence electrons. The molecular formula is C12H12ClFN2O. The Hall–Kier alpha value is -1.39. The molecule has 1 aromatic heterocycles. The maximum Gasteiger partial charge on any atom is 0.123 e. The minimum absolute atomic E-state index is 0.303. The highest BCUT2D eigenvalue weighted by Crippen LogP contribution is 2.24. The van der Waals surface area contributed by atoms with Gasteiger partial charge in [-0.05, 0) is 17.7 Å². The number of benzene rings is 1. The minimum Gasteiger partial charge on any atom is -0.386 e. The van der Waals surface area contributed by atoms with Crippen molar-refractivity contribution in [3.8, 4) is 0 Å². The van der Waals surface area contributed by atoms with Crippen LogP contribution in [-0.4, -0.2) is 14.9 Å². The SMILES string of the molecule is Cn1ncc(Cl)c1C(O)Cc1cccc(F)c1. The first-order chi connectivity index (χ1) is 8.08. The normalized spacial score (nSPS) is 12.7. The van der Waals surface area contributed by atoms with Crippen LogP contribution in [-0.2, 0) is 13.5 Å². The van der Waals surface area contributed by atoms with E-state index < -0.39 is 6.10 Å². The average Bonchev–Trinajstić information content (AvgIpc) is 2.58. The second kappa shape index (κ2) is 4.85. The molecular weight excluding hydrogens is 243 g/mol. The van der Waals surface area contributed by atoms with Gasteiger partial charge in [0.05, 0.1) is 16.9 Å². The molecule has 1 N–H and O–H groups in total. The summed E-state index contributed by atoms with van der Waals surface area (Å²) in [6.07, 6.45) is 0.986. The monoisotopic (exact) mass is 254 g/mol. The highest BCUT2D eigenvalue weighted by Gasteiger charge is 2.17. The molecule has 2 aromatic rings. The van der Waals surface area contributed by atoms with E-state index in [0.717, 1.165) is 5.56 Å². The van der Waals surface area contributed by atoms with Gasteiger partial charge in [0.25, 0.3) is 0 Å². The number of hydrogen-bond acceptors (Lipinski definition) is 2. The smallest absolute Gasteiger partial charge is 0.123 e. The van der Waals surface area contributed by atoms with Crippen molar-refractivity contribution in [3.63, 3.8) is 0 Å². The molecule has 5 heteroatoms. The molecule has 0 aliphatic rings. The molecule has 1 atom stereocenters. The molecule has 1 heterocycles. The van der Waals surface area contributed by atoms with Crippen LogP contribution < -0.4 is 0 Å². The molecule has 0 fully saturated rings. The summed E-state index contributed by atoms with van der Waals surface area (Å²) >= 11 is 5.92. The van der Waals surface area contributed by atoms with E-state index >= 15 is 0 Å². The fourth-order valence-electron chi connectivity index (χ4n) is 1.78. The standard InChI is InChI=1S/C12H12ClFN2O/c1-16-12(10(13)7-15-16)11(17)6-8-3-2-4-9(14)5-8/h2-5,7,11,17H,6H2,1H3. The van der Waals surface area contributed by atoms with E-state index in [2.05, 4.69) is 5.10 Å². The second-order valence-electron chi connectivity index (χ2n) is 3.85. The quantitative estimate of drug-likeness (QED) is 0.914. The number of rotatable bonds is 3. The predicted octanol–water partition coefficient (Wildman–Crippen LogP) is 2.49. The van der Waals surface area contributed by atoms with Crippen LogP contribution in [0.5, 0.6) is 0 Å². The Morgan fingerprint density at radius 1 is 1.53 bits per heavy atom. The minimum atomic E-state index is -0.795. The van der Waals surface area contributed by atoms with E-state index in [1.807, 2.05) is 0 Å². The van der Waals surface area contributed by atoms with E-state index in [4.69, 9.17) is 11.6 Å². The second-order valence-corrected chi connectivity index (χ2v) is 4.26. The van der Waals surface area contributed by atoms with Gasteiger partial charge in [0.2, 0.25) is 0 Å². The van der Waals surface area contributed by atoms with Crippen LogP contribution in [0.2, 0.25) is 5.02 Å². The summed E-state index contributed by atoms with van der Waals surface area (Å²) in [6.45, 7) is 0. The summed E-state index contributed by atoms with van der Waals surface area (Å²) in [4.78, 5) is 0. The van der Waals surface area contributed by atoms with Crippen LogP contribution in [0.3, 0.4) is 0 Å². The first kappa shape index (κ1) is 12.1. The van der Waals surface area contributed by atoms with Crippen molar-refractivity contribution in [2.45, 2.75) is 12.5 Å². The van der Waals surface area contributed by atoms with E-state index in [1.54, 1.807) is 19.2 Å². The lowest BCUT2D eigenvalue weighted by atomic mass is 10.1. The van der Waals surface area contributed by atoms with Gasteiger partial charge in [-0.3, -0.25) is 4.68 Å². The molecule has 0 aliphatic carbocycles. The topological polar surface area (TPSA) is 38.0 Å². The van der Waals surface area contributed by atoms with Crippen LogP contribution in [0.25, 0.3) is 0 Å². The largest absolute Gasteiger partial charge is 0.386 e. The Labute approximate surface area is 103 Å². The van der Waals surface area contributed by atoms with Gasteiger partial charge in [-0.25, -0.2) is 4.39 Å². The number of nitrogens with zero attached hydrogens (tertiary/aromatic N) is 2. The first-order valence-corrected chi connectivity index (χ1v) is 5.55. The number of aromatic nitrogens is 2. The Morgan fingerprint density at radius 2 is 2.29 bits per heavy atom. The molecule has 3 nitrogen and oxygen atoms in total. The van der Waals surface area contributed by atoms with Crippen molar-refractivity contribution in [3.05, 3.63) is 52.6 Å². The maximum atomic E-state index is 13.0. The van der Waals surface area contributed by atoms with Crippen molar-refractivity contribution < 1.29 is 9.50 Å². The Morgan fingerprint density at radius 3 is 2.88 bits per heavy atom. The fourth-order valence-corrected chi connectivity index (χ4v) is 2.07. The van der Waals surface area contributed by atoms with Crippen LogP contribution >= 0.6 is 11.6 Å². The number of aliphatic hydroxyl groups excluding tert-OH is 1. The fraction of sp³-hybridized carbons (Fsp3) is 0.250. The van der Waals surface area contributed by atoms with E-state index in [9.17, 15) is 9.50 Å². The highest BCUT2D eigenvalue weighted by molar-refractivity contribution is 6.31. The zero-order valence-corrected chi connectivity index (χ0v) is 10.0. The summed E-state index contributed by atoms with van der Waals surface area (Å²) in [6, 6.07) is 6.14. The van der Waals surface area contributed by atoms with Gasteiger partial charge >= 0.3 is 0 Å². The van der Waals surface area contributed by atoms with Crippen molar-refractivity contribution in [2.75, 3.05) is 0 Å². The molecule has 0 radical (unpaired) electrons. The third-order valence-corrected chi connectivity index (χ3v) is 2.86. The lowest BCUT2D eigenvalue weighted by Crippen LogP contribution is -2.08. The van der Waals surface area contributed by atoms with Crippen LogP contribution in [0.15, 0.2) is 30.5 Å². The highest BCUT2D eigenvalue weighted by atomic mass is 35.5. The average molecular weight is 255 g/mol. The van der Waals surface area contributed by atoms with Crippen LogP contribution in [0, 0.1) is 5.82 Å². The van der Waals surface area contributed by atoms with Crippen LogP contribution in [0.4, 0.5) is 4.39 Å². The molecule has 0 bridgehead atoms. The molecule has 1 aromatic carbocycles. The molecule has 1 unspecified atom stereocenters. The van der Waals surface area contributed by atoms with Gasteiger partial charge in [-0.1, -0.05) is 23.7 Å². The zero-order chi connectivity index (χ0) is 12.4. The number of aryl methyl sites for hydroxylation is 1. The zero-order valence-electron chi connectivity index (χ0n) is 9.27. The molecule has 17 heavy (non-hydrogen) atoms. The number of halogens is 2. The van der Waals surface area contributed by atoms with E-state index in [1.165, 1.54) is 23.0 Å². The lowest BCUT2D eigenvalue weighted by molar-refractivity contribution is 0.168. The molecule has 2 rings (SSSR count). The summed E-state index contributed by atoms with van der Waals surface area (Å²) in [7, 11) is 1.70. The Balaban J connectivity index is 2.20. The van der Waals surface area contributed by atoms with Crippen molar-refractivity contribution >= 4 is 11.6 Å². The van der Waals surface area contributed by atoms with Gasteiger partial charge in [0.1, 0.15) is 11.9 Å². The molecule has 0 saturated heterocycles. The van der Waals surface area contributed by atoms with Gasteiger partial charge in [0, 0.05) is 13.5 Å². The van der Waals surface area contributed by atoms with Gasteiger partial charge in [0.15, 0.2) is 0 Å². The van der Waals surface area contributed by atoms with Crippen molar-refractivity contribution in [2.24, 2.45) is 7.05 Å². The molecule has 0 saturated carbocycles. The van der Waals surface area contributed by atoms with Gasteiger partial charge in [-0.15, -0.1) is 0 Å². The number of aliphatic hydroxyl groups is 1. The summed E-state index contributed by atoms with van der Waals surface area (Å²) in [5.74, 6) is -0.314.